The molecule has 3 N–H and O–H groups in total. The molecule has 0 saturated heterocycles. The molecule has 1 heterocycles. The monoisotopic (exact) mass is 342 g/mol. The van der Waals surface area contributed by atoms with Gasteiger partial charge in [-0.1, -0.05) is 11.6 Å². The van der Waals surface area contributed by atoms with Gasteiger partial charge in [0.2, 0.25) is 0 Å². The van der Waals surface area contributed by atoms with Crippen molar-refractivity contribution in [1.82, 2.24) is 4.98 Å². The quantitative estimate of drug-likeness (QED) is 0.876. The first kappa shape index (κ1) is 14.6. The smallest absolute Gasteiger partial charge is 0.255 e. The van der Waals surface area contributed by atoms with Crippen LogP contribution >= 0.6 is 11.6 Å². The van der Waals surface area contributed by atoms with Crippen molar-refractivity contribution >= 4 is 22.4 Å². The maximum atomic E-state index is 11.9. The molecule has 4 atom stereocenters. The van der Waals surface area contributed by atoms with Crippen LogP contribution in [-0.4, -0.2) is 11.0 Å². The second-order valence-electron chi connectivity index (χ2n) is 7.41. The maximum absolute atomic E-state index is 11.9. The second-order valence-corrected chi connectivity index (χ2v) is 7.81. The molecule has 3 aliphatic rings. The van der Waals surface area contributed by atoms with Gasteiger partial charge < -0.3 is 15.5 Å². The molecule has 2 aromatic rings. The van der Waals surface area contributed by atoms with E-state index in [0.29, 0.717) is 33.9 Å². The first-order chi connectivity index (χ1) is 11.6. The number of hydrogen-bond donors (Lipinski definition) is 2. The number of H-pyrrole nitrogens is 1. The molecular formula is C19H19ClN2O2. The van der Waals surface area contributed by atoms with Gasteiger partial charge in [0.05, 0.1) is 5.02 Å². The van der Waals surface area contributed by atoms with E-state index < -0.39 is 0 Å². The van der Waals surface area contributed by atoms with E-state index in [1.54, 1.807) is 12.3 Å². The minimum Gasteiger partial charge on any atom is -0.460 e. The number of ether oxygens (including phenoxy) is 1. The van der Waals surface area contributed by atoms with Gasteiger partial charge in [0.1, 0.15) is 11.5 Å². The minimum absolute atomic E-state index is 0.136. The van der Waals surface area contributed by atoms with Crippen molar-refractivity contribution in [3.8, 4) is 5.75 Å². The van der Waals surface area contributed by atoms with Gasteiger partial charge in [0.15, 0.2) is 0 Å². The summed E-state index contributed by atoms with van der Waals surface area (Å²) in [6.45, 7) is 0. The third-order valence-corrected chi connectivity index (χ3v) is 6.35. The lowest BCUT2D eigenvalue weighted by molar-refractivity contribution is 0.329. The predicted molar refractivity (Wildman–Crippen MR) is 94.1 cm³/mol. The molecule has 4 nitrogen and oxygen atoms in total. The first-order valence-electron chi connectivity index (χ1n) is 8.56. The van der Waals surface area contributed by atoms with Crippen molar-refractivity contribution in [3.05, 3.63) is 51.1 Å². The number of fused-ring (bicyclic) bond motifs is 2. The van der Waals surface area contributed by atoms with Crippen LogP contribution in [-0.2, 0) is 0 Å². The molecule has 0 amide bonds. The van der Waals surface area contributed by atoms with Crippen LogP contribution in [0.25, 0.3) is 10.8 Å². The van der Waals surface area contributed by atoms with Crippen molar-refractivity contribution < 1.29 is 4.74 Å². The van der Waals surface area contributed by atoms with E-state index in [2.05, 4.69) is 4.98 Å². The van der Waals surface area contributed by atoms with Gasteiger partial charge >= 0.3 is 0 Å². The average molecular weight is 343 g/mol. The predicted octanol–water partition coefficient (Wildman–Crippen LogP) is 3.59. The lowest BCUT2D eigenvalue weighted by Gasteiger charge is -2.25. The fraction of sp³-hybridized carbons (Fsp3) is 0.421. The molecule has 0 spiro atoms. The van der Waals surface area contributed by atoms with E-state index in [-0.39, 0.29) is 11.6 Å². The summed E-state index contributed by atoms with van der Waals surface area (Å²) in [6.07, 6.45) is 6.07. The van der Waals surface area contributed by atoms with Crippen LogP contribution in [0.4, 0.5) is 0 Å². The van der Waals surface area contributed by atoms with Crippen LogP contribution < -0.4 is 16.0 Å². The highest BCUT2D eigenvalue weighted by atomic mass is 35.5. The van der Waals surface area contributed by atoms with Crippen LogP contribution in [0.5, 0.6) is 5.75 Å². The zero-order chi connectivity index (χ0) is 16.4. The molecule has 1 aromatic heterocycles. The lowest BCUT2D eigenvalue weighted by atomic mass is 9.88. The van der Waals surface area contributed by atoms with Crippen LogP contribution in [0, 0.1) is 17.8 Å². The summed E-state index contributed by atoms with van der Waals surface area (Å²) in [5.74, 6) is 3.63. The Morgan fingerprint density at radius 3 is 3.00 bits per heavy atom. The maximum Gasteiger partial charge on any atom is 0.255 e. The van der Waals surface area contributed by atoms with E-state index >= 15 is 0 Å². The lowest BCUT2D eigenvalue weighted by Crippen LogP contribution is -2.25. The standard InChI is InChI=1S/C19H19ClN2O2/c20-15-7-11-10(1-2-22-19(11)23)6-18(15)24-17-5-9-3-12-13(4-9)16(21)8-14(12)17/h1-2,6-7,9,12-13,16H,3-5,8,21H2,(H,22,23). The highest BCUT2D eigenvalue weighted by Gasteiger charge is 2.49. The molecule has 24 heavy (non-hydrogen) atoms. The average Bonchev–Trinajstić information content (AvgIpc) is 3.05. The highest BCUT2D eigenvalue weighted by molar-refractivity contribution is 6.32. The Morgan fingerprint density at radius 2 is 2.12 bits per heavy atom. The zero-order valence-corrected chi connectivity index (χ0v) is 14.0. The molecule has 0 radical (unpaired) electrons. The van der Waals surface area contributed by atoms with Crippen LogP contribution in [0.15, 0.2) is 40.5 Å². The molecule has 0 aliphatic heterocycles. The number of nitrogens with two attached hydrogens (primary N) is 1. The summed E-state index contributed by atoms with van der Waals surface area (Å²) in [5.41, 5.74) is 7.60. The summed E-state index contributed by atoms with van der Waals surface area (Å²) >= 11 is 6.39. The molecule has 2 saturated carbocycles. The summed E-state index contributed by atoms with van der Waals surface area (Å²) in [5, 5.41) is 1.90. The van der Waals surface area contributed by atoms with Gasteiger partial charge in [-0.15, -0.1) is 0 Å². The number of halogens is 1. The molecule has 2 fully saturated rings. The number of hydrogen-bond acceptors (Lipinski definition) is 3. The number of benzene rings is 1. The van der Waals surface area contributed by atoms with E-state index in [9.17, 15) is 4.79 Å². The summed E-state index contributed by atoms with van der Waals surface area (Å²) < 4.78 is 6.27. The Morgan fingerprint density at radius 1 is 1.25 bits per heavy atom. The SMILES string of the molecule is NC1CC2=C(Oc3cc4cc[nH]c(=O)c4cc3Cl)CC3CC2C1C3. The molecule has 5 rings (SSSR count). The molecule has 2 bridgehead atoms. The van der Waals surface area contributed by atoms with Gasteiger partial charge in [-0.2, -0.15) is 0 Å². The van der Waals surface area contributed by atoms with E-state index in [1.807, 2.05) is 12.1 Å². The number of allylic oxidation sites excluding steroid dienone is 1. The third kappa shape index (κ3) is 2.06. The molecule has 5 heteroatoms. The van der Waals surface area contributed by atoms with Crippen molar-refractivity contribution in [2.75, 3.05) is 0 Å². The molecular weight excluding hydrogens is 324 g/mol. The Bertz CT molecular complexity index is 933. The second kappa shape index (κ2) is 5.11. The molecule has 4 unspecified atom stereocenters. The number of pyridine rings is 1. The summed E-state index contributed by atoms with van der Waals surface area (Å²) in [4.78, 5) is 14.6. The van der Waals surface area contributed by atoms with Crippen molar-refractivity contribution in [1.29, 1.82) is 0 Å². The van der Waals surface area contributed by atoms with Crippen LogP contribution in [0.1, 0.15) is 25.7 Å². The topological polar surface area (TPSA) is 68.1 Å². The van der Waals surface area contributed by atoms with Gasteiger partial charge in [-0.25, -0.2) is 0 Å². The molecule has 3 aliphatic carbocycles. The number of aromatic nitrogens is 1. The first-order valence-corrected chi connectivity index (χ1v) is 8.94. The number of nitrogens with one attached hydrogen (secondary N) is 1. The van der Waals surface area contributed by atoms with Crippen LogP contribution in [0.3, 0.4) is 0 Å². The van der Waals surface area contributed by atoms with Crippen molar-refractivity contribution in [3.63, 3.8) is 0 Å². The Balaban J connectivity index is 1.57. The minimum atomic E-state index is -0.136. The Hall–Kier alpha value is -1.78. The molecule has 1 aromatic carbocycles. The van der Waals surface area contributed by atoms with Gasteiger partial charge in [0.25, 0.3) is 5.56 Å². The highest BCUT2D eigenvalue weighted by Crippen LogP contribution is 2.56. The summed E-state index contributed by atoms with van der Waals surface area (Å²) in [7, 11) is 0. The largest absolute Gasteiger partial charge is 0.460 e. The third-order valence-electron chi connectivity index (χ3n) is 6.05. The van der Waals surface area contributed by atoms with Crippen molar-refractivity contribution in [2.24, 2.45) is 23.5 Å². The van der Waals surface area contributed by atoms with Crippen molar-refractivity contribution in [2.45, 2.75) is 31.7 Å². The number of aromatic amines is 1. The Labute approximate surface area is 144 Å². The van der Waals surface area contributed by atoms with Crippen LogP contribution in [0.2, 0.25) is 5.02 Å². The van der Waals surface area contributed by atoms with E-state index in [1.165, 1.54) is 18.4 Å². The molecule has 124 valence electrons. The summed E-state index contributed by atoms with van der Waals surface area (Å²) in [6, 6.07) is 5.70. The van der Waals surface area contributed by atoms with Gasteiger partial charge in [-0.3, -0.25) is 4.79 Å². The van der Waals surface area contributed by atoms with E-state index in [0.717, 1.165) is 24.0 Å². The Kier molecular flexibility index (Phi) is 3.10. The van der Waals surface area contributed by atoms with Gasteiger partial charge in [-0.05, 0) is 66.2 Å². The number of rotatable bonds is 2. The van der Waals surface area contributed by atoms with Gasteiger partial charge in [0, 0.05) is 24.0 Å². The fourth-order valence-corrected chi connectivity index (χ4v) is 5.20. The normalized spacial score (nSPS) is 31.1. The van der Waals surface area contributed by atoms with E-state index in [4.69, 9.17) is 22.1 Å². The zero-order valence-electron chi connectivity index (χ0n) is 13.2. The fourth-order valence-electron chi connectivity index (χ4n) is 5.00.